The van der Waals surface area contributed by atoms with Crippen LogP contribution in [0, 0.1) is 5.92 Å². The van der Waals surface area contributed by atoms with Crippen molar-refractivity contribution >= 4 is 11.9 Å². The normalized spacial score (nSPS) is 20.7. The molecule has 1 aromatic rings. The SMILES string of the molecule is CN(C)C(=O)N1CCN(C(=O)[C@@H]2CCOc3ccccc3C2)CC1. The number of nitrogens with zero attached hydrogens (tertiary/aromatic N) is 3. The van der Waals surface area contributed by atoms with Gasteiger partial charge in [0.05, 0.1) is 6.61 Å². The first-order valence-electron chi connectivity index (χ1n) is 8.52. The first kappa shape index (κ1) is 16.6. The van der Waals surface area contributed by atoms with Crippen LogP contribution in [0.2, 0.25) is 0 Å². The molecule has 130 valence electrons. The van der Waals surface area contributed by atoms with Crippen molar-refractivity contribution in [2.75, 3.05) is 46.9 Å². The van der Waals surface area contributed by atoms with Crippen LogP contribution < -0.4 is 4.74 Å². The number of amides is 3. The van der Waals surface area contributed by atoms with Crippen LogP contribution in [-0.4, -0.2) is 73.5 Å². The topological polar surface area (TPSA) is 53.1 Å². The Morgan fingerprint density at radius 3 is 2.46 bits per heavy atom. The van der Waals surface area contributed by atoms with E-state index in [0.717, 1.165) is 24.2 Å². The molecule has 1 saturated heterocycles. The molecule has 1 fully saturated rings. The molecule has 2 aliphatic rings. The highest BCUT2D eigenvalue weighted by Crippen LogP contribution is 2.27. The van der Waals surface area contributed by atoms with Gasteiger partial charge in [-0.1, -0.05) is 18.2 Å². The van der Waals surface area contributed by atoms with E-state index in [1.807, 2.05) is 29.2 Å². The maximum absolute atomic E-state index is 12.9. The molecular weight excluding hydrogens is 306 g/mol. The number of carbonyl (C=O) groups excluding carboxylic acids is 2. The third kappa shape index (κ3) is 3.47. The zero-order valence-electron chi connectivity index (χ0n) is 14.4. The minimum atomic E-state index is -0.0373. The number of piperazine rings is 1. The van der Waals surface area contributed by atoms with Crippen molar-refractivity contribution in [3.8, 4) is 5.75 Å². The van der Waals surface area contributed by atoms with E-state index in [9.17, 15) is 9.59 Å². The molecule has 0 bridgehead atoms. The van der Waals surface area contributed by atoms with Gasteiger partial charge >= 0.3 is 6.03 Å². The summed E-state index contributed by atoms with van der Waals surface area (Å²) in [6.45, 7) is 2.99. The number of carbonyl (C=O) groups is 2. The maximum Gasteiger partial charge on any atom is 0.319 e. The van der Waals surface area contributed by atoms with E-state index in [2.05, 4.69) is 0 Å². The zero-order chi connectivity index (χ0) is 17.1. The Morgan fingerprint density at radius 1 is 1.08 bits per heavy atom. The standard InChI is InChI=1S/C18H25N3O3/c1-19(2)18(23)21-10-8-20(9-11-21)17(22)15-7-12-24-16-6-4-3-5-14(16)13-15/h3-6,15H,7-13H2,1-2H3/t15-/m1/s1. The summed E-state index contributed by atoms with van der Waals surface area (Å²) in [4.78, 5) is 30.2. The van der Waals surface area contributed by atoms with E-state index in [4.69, 9.17) is 4.74 Å². The van der Waals surface area contributed by atoms with Crippen LogP contribution in [0.4, 0.5) is 4.79 Å². The van der Waals surface area contributed by atoms with Crippen molar-refractivity contribution in [2.24, 2.45) is 5.92 Å². The summed E-state index contributed by atoms with van der Waals surface area (Å²) in [5.74, 6) is 1.05. The van der Waals surface area contributed by atoms with Crippen LogP contribution in [0.5, 0.6) is 5.75 Å². The lowest BCUT2D eigenvalue weighted by atomic mass is 9.95. The van der Waals surface area contributed by atoms with Crippen LogP contribution in [0.1, 0.15) is 12.0 Å². The molecule has 0 unspecified atom stereocenters. The molecule has 3 amide bonds. The van der Waals surface area contributed by atoms with Crippen molar-refractivity contribution in [2.45, 2.75) is 12.8 Å². The molecule has 0 aliphatic carbocycles. The molecule has 0 N–H and O–H groups in total. The summed E-state index contributed by atoms with van der Waals surface area (Å²) in [5, 5.41) is 0. The van der Waals surface area contributed by atoms with Gasteiger partial charge in [-0.05, 0) is 24.5 Å². The molecule has 1 aromatic carbocycles. The molecule has 0 spiro atoms. The first-order valence-corrected chi connectivity index (χ1v) is 8.52. The Bertz CT molecular complexity index is 609. The van der Waals surface area contributed by atoms with Gasteiger partial charge in [-0.3, -0.25) is 4.79 Å². The fourth-order valence-electron chi connectivity index (χ4n) is 3.36. The average Bonchev–Trinajstić information content (AvgIpc) is 2.83. The smallest absolute Gasteiger partial charge is 0.319 e. The number of fused-ring (bicyclic) bond motifs is 1. The molecule has 0 aromatic heterocycles. The second-order valence-electron chi connectivity index (χ2n) is 6.64. The molecule has 24 heavy (non-hydrogen) atoms. The molecule has 0 radical (unpaired) electrons. The summed E-state index contributed by atoms with van der Waals surface area (Å²) < 4.78 is 5.76. The number of urea groups is 1. The molecule has 2 heterocycles. The Balaban J connectivity index is 1.60. The van der Waals surface area contributed by atoms with Crippen molar-refractivity contribution in [1.82, 2.24) is 14.7 Å². The predicted octanol–water partition coefficient (Wildman–Crippen LogP) is 1.45. The highest BCUT2D eigenvalue weighted by Gasteiger charge is 2.31. The second-order valence-corrected chi connectivity index (χ2v) is 6.64. The van der Waals surface area contributed by atoms with Gasteiger partial charge in [0.25, 0.3) is 0 Å². The fraction of sp³-hybridized carbons (Fsp3) is 0.556. The summed E-state index contributed by atoms with van der Waals surface area (Å²) >= 11 is 0. The van der Waals surface area contributed by atoms with E-state index in [1.54, 1.807) is 23.9 Å². The van der Waals surface area contributed by atoms with Gasteiger partial charge in [0.15, 0.2) is 0 Å². The lowest BCUT2D eigenvalue weighted by molar-refractivity contribution is -0.137. The van der Waals surface area contributed by atoms with E-state index in [0.29, 0.717) is 32.8 Å². The molecule has 6 nitrogen and oxygen atoms in total. The number of hydrogen-bond acceptors (Lipinski definition) is 3. The largest absolute Gasteiger partial charge is 0.493 e. The maximum atomic E-state index is 12.9. The average molecular weight is 331 g/mol. The van der Waals surface area contributed by atoms with Gasteiger partial charge in [0.2, 0.25) is 5.91 Å². The molecule has 1 atom stereocenters. The van der Waals surface area contributed by atoms with Crippen LogP contribution >= 0.6 is 0 Å². The van der Waals surface area contributed by atoms with Gasteiger partial charge in [-0.25, -0.2) is 4.79 Å². The lowest BCUT2D eigenvalue weighted by Crippen LogP contribution is -2.54. The van der Waals surface area contributed by atoms with Gasteiger partial charge in [0.1, 0.15) is 5.75 Å². The number of rotatable bonds is 1. The van der Waals surface area contributed by atoms with E-state index in [-0.39, 0.29) is 17.9 Å². The predicted molar refractivity (Wildman–Crippen MR) is 91.0 cm³/mol. The zero-order valence-corrected chi connectivity index (χ0v) is 14.4. The first-order chi connectivity index (χ1) is 11.6. The van der Waals surface area contributed by atoms with E-state index in [1.165, 1.54) is 0 Å². The Kier molecular flexibility index (Phi) is 4.92. The molecular formula is C18H25N3O3. The summed E-state index contributed by atoms with van der Waals surface area (Å²) in [7, 11) is 3.51. The van der Waals surface area contributed by atoms with Crippen molar-refractivity contribution in [1.29, 1.82) is 0 Å². The lowest BCUT2D eigenvalue weighted by Gasteiger charge is -2.37. The van der Waals surface area contributed by atoms with Crippen LogP contribution in [-0.2, 0) is 11.2 Å². The Labute approximate surface area is 143 Å². The Hall–Kier alpha value is -2.24. The van der Waals surface area contributed by atoms with Gasteiger partial charge < -0.3 is 19.4 Å². The van der Waals surface area contributed by atoms with E-state index < -0.39 is 0 Å². The number of ether oxygens (including phenoxy) is 1. The summed E-state index contributed by atoms with van der Waals surface area (Å²) in [5.41, 5.74) is 1.11. The van der Waals surface area contributed by atoms with Crippen molar-refractivity contribution in [3.05, 3.63) is 29.8 Å². The third-order valence-corrected chi connectivity index (χ3v) is 4.76. The summed E-state index contributed by atoms with van der Waals surface area (Å²) in [6, 6.07) is 7.96. The van der Waals surface area contributed by atoms with Crippen LogP contribution in [0.15, 0.2) is 24.3 Å². The minimum Gasteiger partial charge on any atom is -0.493 e. The number of benzene rings is 1. The fourth-order valence-corrected chi connectivity index (χ4v) is 3.36. The monoisotopic (exact) mass is 331 g/mol. The summed E-state index contributed by atoms with van der Waals surface area (Å²) in [6.07, 6.45) is 1.47. The quantitative estimate of drug-likeness (QED) is 0.783. The molecule has 0 saturated carbocycles. The highest BCUT2D eigenvalue weighted by molar-refractivity contribution is 5.80. The highest BCUT2D eigenvalue weighted by atomic mass is 16.5. The number of para-hydroxylation sites is 1. The van der Waals surface area contributed by atoms with Gasteiger partial charge in [-0.2, -0.15) is 0 Å². The molecule has 3 rings (SSSR count). The van der Waals surface area contributed by atoms with Crippen molar-refractivity contribution in [3.63, 3.8) is 0 Å². The minimum absolute atomic E-state index is 0.0129. The van der Waals surface area contributed by atoms with E-state index >= 15 is 0 Å². The van der Waals surface area contributed by atoms with Crippen LogP contribution in [0.25, 0.3) is 0 Å². The van der Waals surface area contributed by atoms with Gasteiger partial charge in [-0.15, -0.1) is 0 Å². The van der Waals surface area contributed by atoms with Crippen LogP contribution in [0.3, 0.4) is 0 Å². The second kappa shape index (κ2) is 7.11. The van der Waals surface area contributed by atoms with Gasteiger partial charge in [0, 0.05) is 46.2 Å². The number of hydrogen-bond donors (Lipinski definition) is 0. The Morgan fingerprint density at radius 2 is 1.75 bits per heavy atom. The third-order valence-electron chi connectivity index (χ3n) is 4.76. The van der Waals surface area contributed by atoms with Crippen molar-refractivity contribution < 1.29 is 14.3 Å². The molecule has 6 heteroatoms. The molecule has 2 aliphatic heterocycles.